The van der Waals surface area contributed by atoms with Crippen molar-refractivity contribution in [2.24, 2.45) is 0 Å². The topological polar surface area (TPSA) is 95.1 Å². The fourth-order valence-electron chi connectivity index (χ4n) is 4.72. The number of amides is 1. The quantitative estimate of drug-likeness (QED) is 0.538. The summed E-state index contributed by atoms with van der Waals surface area (Å²) in [5.41, 5.74) is 8.52. The van der Waals surface area contributed by atoms with Gasteiger partial charge < -0.3 is 15.4 Å². The van der Waals surface area contributed by atoms with E-state index in [0.29, 0.717) is 12.0 Å². The van der Waals surface area contributed by atoms with Crippen LogP contribution in [0.2, 0.25) is 0 Å². The average Bonchev–Trinajstić information content (AvgIpc) is 3.29. The number of H-pyrrole nitrogens is 1. The number of hydrogen-bond acceptors (Lipinski definition) is 3. The highest BCUT2D eigenvalue weighted by molar-refractivity contribution is 6.36. The van der Waals surface area contributed by atoms with Gasteiger partial charge in [0.15, 0.2) is 0 Å². The van der Waals surface area contributed by atoms with Crippen molar-refractivity contribution in [2.75, 3.05) is 5.32 Å². The van der Waals surface area contributed by atoms with Crippen LogP contribution in [-0.2, 0) is 28.9 Å². The summed E-state index contributed by atoms with van der Waals surface area (Å²) in [7, 11) is 0. The Kier molecular flexibility index (Phi) is 4.90. The van der Waals surface area contributed by atoms with Crippen LogP contribution in [0.4, 0.5) is 5.69 Å². The Hall–Kier alpha value is -3.67. The van der Waals surface area contributed by atoms with Gasteiger partial charge in [0.2, 0.25) is 0 Å². The molecule has 2 aliphatic rings. The SMILES string of the molecule is O=C(O)CCc1c(C=C2C(=O)Nc3cccc(-c4ccncc4)c32)[nH]c2c1CCCC2. The number of fused-ring (bicyclic) bond motifs is 2. The van der Waals surface area contributed by atoms with Gasteiger partial charge in [0.25, 0.3) is 5.91 Å². The molecule has 5 rings (SSSR count). The molecule has 3 N–H and O–H groups in total. The van der Waals surface area contributed by atoms with Crippen molar-refractivity contribution in [3.05, 3.63) is 70.8 Å². The van der Waals surface area contributed by atoms with Crippen LogP contribution in [0, 0.1) is 0 Å². The van der Waals surface area contributed by atoms with Crippen LogP contribution in [0.5, 0.6) is 0 Å². The summed E-state index contributed by atoms with van der Waals surface area (Å²) in [5, 5.41) is 12.2. The Morgan fingerprint density at radius 2 is 1.94 bits per heavy atom. The molecule has 6 nitrogen and oxygen atoms in total. The van der Waals surface area contributed by atoms with E-state index in [9.17, 15) is 14.7 Å². The molecule has 3 aromatic rings. The maximum absolute atomic E-state index is 12.9. The van der Waals surface area contributed by atoms with Crippen LogP contribution in [0.25, 0.3) is 22.8 Å². The average molecular weight is 413 g/mol. The zero-order chi connectivity index (χ0) is 21.4. The zero-order valence-corrected chi connectivity index (χ0v) is 17.1. The normalized spacial score (nSPS) is 16.1. The lowest BCUT2D eigenvalue weighted by Crippen LogP contribution is -2.05. The first kappa shape index (κ1) is 19.3. The van der Waals surface area contributed by atoms with Gasteiger partial charge in [-0.2, -0.15) is 0 Å². The number of carboxylic acid groups (broad SMARTS) is 1. The van der Waals surface area contributed by atoms with Crippen LogP contribution in [0.3, 0.4) is 0 Å². The molecule has 156 valence electrons. The number of hydrogen-bond donors (Lipinski definition) is 3. The number of nitrogens with one attached hydrogen (secondary N) is 2. The Balaban J connectivity index is 1.65. The van der Waals surface area contributed by atoms with Crippen molar-refractivity contribution in [1.82, 2.24) is 9.97 Å². The molecule has 0 unspecified atom stereocenters. The van der Waals surface area contributed by atoms with Crippen molar-refractivity contribution < 1.29 is 14.7 Å². The van der Waals surface area contributed by atoms with Crippen LogP contribution < -0.4 is 5.32 Å². The number of anilines is 1. The lowest BCUT2D eigenvalue weighted by molar-refractivity contribution is -0.137. The molecule has 0 radical (unpaired) electrons. The van der Waals surface area contributed by atoms with Crippen molar-refractivity contribution >= 4 is 29.2 Å². The van der Waals surface area contributed by atoms with Crippen LogP contribution >= 0.6 is 0 Å². The highest BCUT2D eigenvalue weighted by Crippen LogP contribution is 2.41. The highest BCUT2D eigenvalue weighted by Gasteiger charge is 2.28. The molecule has 0 spiro atoms. The molecular formula is C25H23N3O3. The first-order valence-corrected chi connectivity index (χ1v) is 10.6. The molecular weight excluding hydrogens is 390 g/mol. The van der Waals surface area contributed by atoms with E-state index in [0.717, 1.165) is 59.3 Å². The zero-order valence-electron chi connectivity index (χ0n) is 17.1. The number of aryl methyl sites for hydroxylation is 1. The van der Waals surface area contributed by atoms with Gasteiger partial charge in [-0.1, -0.05) is 12.1 Å². The third-order valence-electron chi connectivity index (χ3n) is 6.14. The number of carbonyl (C=O) groups is 2. The molecule has 0 fully saturated rings. The van der Waals surface area contributed by atoms with E-state index in [4.69, 9.17) is 0 Å². The second kappa shape index (κ2) is 7.87. The fourth-order valence-corrected chi connectivity index (χ4v) is 4.72. The Labute approximate surface area is 180 Å². The van der Waals surface area contributed by atoms with Gasteiger partial charge in [0.05, 0.1) is 5.57 Å². The Morgan fingerprint density at radius 1 is 1.13 bits per heavy atom. The van der Waals surface area contributed by atoms with Crippen molar-refractivity contribution in [3.8, 4) is 11.1 Å². The standard InChI is InChI=1S/C25H23N3O3/c29-23(30)9-8-18-17-4-1-2-6-20(17)27-22(18)14-19-24-16(15-10-12-26-13-11-15)5-3-7-21(24)28-25(19)31/h3,5,7,10-14,27H,1-2,4,6,8-9H2,(H,28,31)(H,29,30). The molecule has 0 bridgehead atoms. The van der Waals surface area contributed by atoms with E-state index in [1.807, 2.05) is 36.4 Å². The molecule has 3 heterocycles. The third-order valence-corrected chi connectivity index (χ3v) is 6.14. The summed E-state index contributed by atoms with van der Waals surface area (Å²) >= 11 is 0. The summed E-state index contributed by atoms with van der Waals surface area (Å²) in [6, 6.07) is 9.71. The van der Waals surface area contributed by atoms with E-state index in [1.54, 1.807) is 12.4 Å². The van der Waals surface area contributed by atoms with E-state index < -0.39 is 5.97 Å². The van der Waals surface area contributed by atoms with Gasteiger partial charge in [0, 0.05) is 41.5 Å². The van der Waals surface area contributed by atoms with Crippen molar-refractivity contribution in [3.63, 3.8) is 0 Å². The fraction of sp³-hybridized carbons (Fsp3) is 0.240. The minimum Gasteiger partial charge on any atom is -0.481 e. The first-order valence-electron chi connectivity index (χ1n) is 10.6. The molecule has 6 heteroatoms. The Bertz CT molecular complexity index is 1210. The first-order chi connectivity index (χ1) is 15.1. The van der Waals surface area contributed by atoms with Crippen molar-refractivity contribution in [2.45, 2.75) is 38.5 Å². The molecule has 0 saturated heterocycles. The lowest BCUT2D eigenvalue weighted by Gasteiger charge is -2.12. The molecule has 1 aliphatic heterocycles. The lowest BCUT2D eigenvalue weighted by atomic mass is 9.91. The molecule has 2 aromatic heterocycles. The second-order valence-electron chi connectivity index (χ2n) is 8.05. The maximum Gasteiger partial charge on any atom is 0.303 e. The van der Waals surface area contributed by atoms with Gasteiger partial charge in [-0.05, 0) is 78.6 Å². The number of aliphatic carboxylic acids is 1. The number of pyridine rings is 1. The Morgan fingerprint density at radius 3 is 2.74 bits per heavy atom. The summed E-state index contributed by atoms with van der Waals surface area (Å²) in [6.07, 6.45) is 10.1. The number of carboxylic acids is 1. The molecule has 0 atom stereocenters. The number of aromatic amines is 1. The van der Waals surface area contributed by atoms with E-state index in [-0.39, 0.29) is 12.3 Å². The molecule has 31 heavy (non-hydrogen) atoms. The monoisotopic (exact) mass is 413 g/mol. The van der Waals surface area contributed by atoms with Gasteiger partial charge >= 0.3 is 5.97 Å². The van der Waals surface area contributed by atoms with Crippen molar-refractivity contribution in [1.29, 1.82) is 0 Å². The maximum atomic E-state index is 12.9. The van der Waals surface area contributed by atoms with Gasteiger partial charge in [-0.3, -0.25) is 14.6 Å². The highest BCUT2D eigenvalue weighted by atomic mass is 16.4. The predicted molar refractivity (Wildman–Crippen MR) is 120 cm³/mol. The van der Waals surface area contributed by atoms with E-state index in [2.05, 4.69) is 15.3 Å². The summed E-state index contributed by atoms with van der Waals surface area (Å²) in [5.74, 6) is -0.957. The summed E-state index contributed by atoms with van der Waals surface area (Å²) in [6.45, 7) is 0. The second-order valence-corrected chi connectivity index (χ2v) is 8.05. The molecule has 1 aromatic carbocycles. The number of rotatable bonds is 5. The summed E-state index contributed by atoms with van der Waals surface area (Å²) in [4.78, 5) is 31.8. The number of aromatic nitrogens is 2. The third kappa shape index (κ3) is 3.54. The van der Waals surface area contributed by atoms with Gasteiger partial charge in [-0.15, -0.1) is 0 Å². The van der Waals surface area contributed by atoms with E-state index >= 15 is 0 Å². The smallest absolute Gasteiger partial charge is 0.303 e. The molecule has 1 aliphatic carbocycles. The minimum absolute atomic E-state index is 0.0749. The van der Waals surface area contributed by atoms with E-state index in [1.165, 1.54) is 11.3 Å². The number of carbonyl (C=O) groups excluding carboxylic acids is 1. The van der Waals surface area contributed by atoms with Crippen LogP contribution in [0.1, 0.15) is 47.3 Å². The van der Waals surface area contributed by atoms with Crippen LogP contribution in [0.15, 0.2) is 42.7 Å². The number of nitrogens with zero attached hydrogens (tertiary/aromatic N) is 1. The largest absolute Gasteiger partial charge is 0.481 e. The molecule has 0 saturated carbocycles. The molecule has 1 amide bonds. The van der Waals surface area contributed by atoms with Gasteiger partial charge in [0.1, 0.15) is 0 Å². The minimum atomic E-state index is -0.812. The summed E-state index contributed by atoms with van der Waals surface area (Å²) < 4.78 is 0. The van der Waals surface area contributed by atoms with Crippen LogP contribution in [-0.4, -0.2) is 27.0 Å². The van der Waals surface area contributed by atoms with Gasteiger partial charge in [-0.25, -0.2) is 0 Å². The predicted octanol–water partition coefficient (Wildman–Crippen LogP) is 4.47. The number of benzene rings is 1.